The van der Waals surface area contributed by atoms with E-state index in [2.05, 4.69) is 29.2 Å². The molecule has 1 aliphatic heterocycles. The van der Waals surface area contributed by atoms with Crippen LogP contribution in [0.5, 0.6) is 0 Å². The van der Waals surface area contributed by atoms with Crippen LogP contribution in [0.25, 0.3) is 0 Å². The lowest BCUT2D eigenvalue weighted by Gasteiger charge is -2.11. The van der Waals surface area contributed by atoms with Gasteiger partial charge in [0.2, 0.25) is 0 Å². The van der Waals surface area contributed by atoms with Crippen molar-refractivity contribution in [1.82, 2.24) is 4.90 Å². The summed E-state index contributed by atoms with van der Waals surface area (Å²) >= 11 is 0. The van der Waals surface area contributed by atoms with E-state index in [1.165, 1.54) is 11.1 Å². The normalized spacial score (nSPS) is 16.4. The molecule has 1 aliphatic rings. The van der Waals surface area contributed by atoms with Crippen LogP contribution in [0.4, 0.5) is 0 Å². The fraction of sp³-hybridized carbons (Fsp3) is 0.400. The van der Waals surface area contributed by atoms with Gasteiger partial charge in [-0.15, -0.1) is 0 Å². The zero-order chi connectivity index (χ0) is 8.39. The van der Waals surface area contributed by atoms with Crippen LogP contribution in [-0.4, -0.2) is 18.0 Å². The zero-order valence-electron chi connectivity index (χ0n) is 7.16. The fourth-order valence-electron chi connectivity index (χ4n) is 1.74. The Morgan fingerprint density at radius 3 is 2.25 bits per heavy atom. The molecule has 2 rings (SSSR count). The van der Waals surface area contributed by atoms with E-state index >= 15 is 0 Å². The van der Waals surface area contributed by atoms with Gasteiger partial charge in [-0.2, -0.15) is 0 Å². The fourth-order valence-corrected chi connectivity index (χ4v) is 1.74. The third kappa shape index (κ3) is 1.36. The number of hydrogen-bond acceptors (Lipinski definition) is 2. The Labute approximate surface area is 73.0 Å². The summed E-state index contributed by atoms with van der Waals surface area (Å²) in [6.07, 6.45) is 0. The maximum atomic E-state index is 5.50. The van der Waals surface area contributed by atoms with Crippen LogP contribution in [0, 0.1) is 0 Å². The monoisotopic (exact) mass is 162 g/mol. The molecular formula is C10H14N2. The van der Waals surface area contributed by atoms with Crippen molar-refractivity contribution in [2.45, 2.75) is 13.1 Å². The number of hydrogen-bond donors (Lipinski definition) is 1. The first-order valence-electron chi connectivity index (χ1n) is 4.39. The van der Waals surface area contributed by atoms with Crippen molar-refractivity contribution in [2.75, 3.05) is 13.1 Å². The first-order chi connectivity index (χ1) is 5.90. The topological polar surface area (TPSA) is 29.3 Å². The van der Waals surface area contributed by atoms with E-state index in [0.29, 0.717) is 0 Å². The van der Waals surface area contributed by atoms with Crippen molar-refractivity contribution in [2.24, 2.45) is 5.73 Å². The smallest absolute Gasteiger partial charge is 0.0241 e. The second-order valence-corrected chi connectivity index (χ2v) is 3.27. The van der Waals surface area contributed by atoms with Gasteiger partial charge in [0.25, 0.3) is 0 Å². The number of rotatable bonds is 2. The van der Waals surface area contributed by atoms with Gasteiger partial charge in [-0.25, -0.2) is 0 Å². The third-order valence-corrected chi connectivity index (χ3v) is 2.35. The Morgan fingerprint density at radius 2 is 1.75 bits per heavy atom. The van der Waals surface area contributed by atoms with Crippen LogP contribution < -0.4 is 5.73 Å². The summed E-state index contributed by atoms with van der Waals surface area (Å²) in [7, 11) is 0. The van der Waals surface area contributed by atoms with Crippen LogP contribution in [0.1, 0.15) is 11.1 Å². The van der Waals surface area contributed by atoms with E-state index in [9.17, 15) is 0 Å². The highest BCUT2D eigenvalue weighted by Gasteiger charge is 2.16. The molecule has 0 amide bonds. The van der Waals surface area contributed by atoms with Crippen molar-refractivity contribution >= 4 is 0 Å². The van der Waals surface area contributed by atoms with Gasteiger partial charge in [0.05, 0.1) is 0 Å². The van der Waals surface area contributed by atoms with Crippen molar-refractivity contribution < 1.29 is 0 Å². The van der Waals surface area contributed by atoms with Crippen LogP contribution in [0.15, 0.2) is 24.3 Å². The van der Waals surface area contributed by atoms with E-state index in [4.69, 9.17) is 5.73 Å². The van der Waals surface area contributed by atoms with E-state index < -0.39 is 0 Å². The Kier molecular flexibility index (Phi) is 2.11. The lowest BCUT2D eigenvalue weighted by atomic mass is 10.1. The predicted octanol–water partition coefficient (Wildman–Crippen LogP) is 0.961. The summed E-state index contributed by atoms with van der Waals surface area (Å²) < 4.78 is 0. The molecule has 0 unspecified atom stereocenters. The molecule has 1 heterocycles. The predicted molar refractivity (Wildman–Crippen MR) is 49.6 cm³/mol. The summed E-state index contributed by atoms with van der Waals surface area (Å²) in [5.41, 5.74) is 8.43. The van der Waals surface area contributed by atoms with Crippen molar-refractivity contribution in [1.29, 1.82) is 0 Å². The minimum atomic E-state index is 0.758. The molecular weight excluding hydrogens is 148 g/mol. The SMILES string of the molecule is NCCN1Cc2ccccc2C1. The first kappa shape index (κ1) is 7.77. The average molecular weight is 162 g/mol. The van der Waals surface area contributed by atoms with E-state index in [-0.39, 0.29) is 0 Å². The summed E-state index contributed by atoms with van der Waals surface area (Å²) in [6.45, 7) is 3.92. The number of benzene rings is 1. The van der Waals surface area contributed by atoms with E-state index in [0.717, 1.165) is 26.2 Å². The van der Waals surface area contributed by atoms with E-state index in [1.807, 2.05) is 0 Å². The minimum absolute atomic E-state index is 0.758. The molecule has 0 saturated heterocycles. The second kappa shape index (κ2) is 3.25. The van der Waals surface area contributed by atoms with Gasteiger partial charge in [-0.05, 0) is 11.1 Å². The zero-order valence-corrected chi connectivity index (χ0v) is 7.16. The number of nitrogens with zero attached hydrogens (tertiary/aromatic N) is 1. The van der Waals surface area contributed by atoms with Crippen LogP contribution in [0.2, 0.25) is 0 Å². The molecule has 1 aromatic rings. The molecule has 12 heavy (non-hydrogen) atoms. The van der Waals surface area contributed by atoms with Gasteiger partial charge in [0, 0.05) is 26.2 Å². The van der Waals surface area contributed by atoms with Crippen LogP contribution in [0.3, 0.4) is 0 Å². The molecule has 0 aliphatic carbocycles. The van der Waals surface area contributed by atoms with Crippen LogP contribution >= 0.6 is 0 Å². The maximum Gasteiger partial charge on any atom is 0.0241 e. The standard InChI is InChI=1S/C10H14N2/c11-5-6-12-7-9-3-1-2-4-10(9)8-12/h1-4H,5-8,11H2. The highest BCUT2D eigenvalue weighted by Crippen LogP contribution is 2.20. The van der Waals surface area contributed by atoms with Gasteiger partial charge < -0.3 is 5.73 Å². The second-order valence-electron chi connectivity index (χ2n) is 3.27. The molecule has 64 valence electrons. The first-order valence-corrected chi connectivity index (χ1v) is 4.39. The molecule has 0 saturated carbocycles. The summed E-state index contributed by atoms with van der Waals surface area (Å²) in [6, 6.07) is 8.60. The molecule has 2 nitrogen and oxygen atoms in total. The maximum absolute atomic E-state index is 5.50. The largest absolute Gasteiger partial charge is 0.329 e. The van der Waals surface area contributed by atoms with Crippen molar-refractivity contribution in [3.05, 3.63) is 35.4 Å². The molecule has 2 heteroatoms. The Morgan fingerprint density at radius 1 is 1.17 bits per heavy atom. The average Bonchev–Trinajstić information content (AvgIpc) is 2.47. The molecule has 0 atom stereocenters. The van der Waals surface area contributed by atoms with Crippen LogP contribution in [-0.2, 0) is 13.1 Å². The highest BCUT2D eigenvalue weighted by molar-refractivity contribution is 5.30. The molecule has 0 spiro atoms. The number of nitrogens with two attached hydrogens (primary N) is 1. The number of fused-ring (bicyclic) bond motifs is 1. The third-order valence-electron chi connectivity index (χ3n) is 2.35. The lowest BCUT2D eigenvalue weighted by Crippen LogP contribution is -2.23. The van der Waals surface area contributed by atoms with Crippen molar-refractivity contribution in [3.63, 3.8) is 0 Å². The Balaban J connectivity index is 2.11. The van der Waals surface area contributed by atoms with Gasteiger partial charge in [-0.3, -0.25) is 4.90 Å². The summed E-state index contributed by atoms with van der Waals surface area (Å²) in [5, 5.41) is 0. The van der Waals surface area contributed by atoms with Gasteiger partial charge in [0.15, 0.2) is 0 Å². The molecule has 0 radical (unpaired) electrons. The van der Waals surface area contributed by atoms with Gasteiger partial charge in [-0.1, -0.05) is 24.3 Å². The molecule has 1 aromatic carbocycles. The Hall–Kier alpha value is -0.860. The molecule has 0 fully saturated rings. The van der Waals surface area contributed by atoms with Gasteiger partial charge >= 0.3 is 0 Å². The summed E-state index contributed by atoms with van der Waals surface area (Å²) in [5.74, 6) is 0. The van der Waals surface area contributed by atoms with E-state index in [1.54, 1.807) is 0 Å². The Bertz CT molecular complexity index is 245. The molecule has 2 N–H and O–H groups in total. The molecule has 0 bridgehead atoms. The summed E-state index contributed by atoms with van der Waals surface area (Å²) in [4.78, 5) is 2.38. The van der Waals surface area contributed by atoms with Gasteiger partial charge in [0.1, 0.15) is 0 Å². The minimum Gasteiger partial charge on any atom is -0.329 e. The lowest BCUT2D eigenvalue weighted by molar-refractivity contribution is 0.293. The molecule has 0 aromatic heterocycles. The quantitative estimate of drug-likeness (QED) is 0.702. The highest BCUT2D eigenvalue weighted by atomic mass is 15.1. The van der Waals surface area contributed by atoms with Crippen molar-refractivity contribution in [3.8, 4) is 0 Å².